The summed E-state index contributed by atoms with van der Waals surface area (Å²) in [7, 11) is 0. The number of ether oxygens (including phenoxy) is 2. The lowest BCUT2D eigenvalue weighted by Crippen LogP contribution is -2.39. The van der Waals surface area contributed by atoms with E-state index in [1.165, 1.54) is 24.2 Å². The number of rotatable bonds is 10. The predicted molar refractivity (Wildman–Crippen MR) is 119 cm³/mol. The molecule has 1 saturated carbocycles. The van der Waals surface area contributed by atoms with Crippen molar-refractivity contribution in [1.29, 1.82) is 0 Å². The van der Waals surface area contributed by atoms with Crippen LogP contribution in [0.1, 0.15) is 60.0 Å². The Labute approximate surface area is 182 Å². The average molecular weight is 510 g/mol. The SMILES string of the molecule is CCNC(=NCCOCC1CC1)NC(C)c1nc(C)c(C(=O)OCC)s1.I. The molecular formula is C18H31IN4O3S. The summed E-state index contributed by atoms with van der Waals surface area (Å²) in [5.74, 6) is 1.18. The van der Waals surface area contributed by atoms with Crippen LogP contribution in [0.15, 0.2) is 4.99 Å². The molecule has 0 radical (unpaired) electrons. The first kappa shape index (κ1) is 24.1. The number of carbonyl (C=O) groups is 1. The lowest BCUT2D eigenvalue weighted by Gasteiger charge is -2.16. The molecule has 1 unspecified atom stereocenters. The topological polar surface area (TPSA) is 84.8 Å². The predicted octanol–water partition coefficient (Wildman–Crippen LogP) is 3.29. The summed E-state index contributed by atoms with van der Waals surface area (Å²) in [5, 5.41) is 7.40. The van der Waals surface area contributed by atoms with Gasteiger partial charge < -0.3 is 20.1 Å². The fourth-order valence-corrected chi connectivity index (χ4v) is 3.29. The van der Waals surface area contributed by atoms with Gasteiger partial charge in [0, 0.05) is 13.2 Å². The van der Waals surface area contributed by atoms with Crippen LogP contribution in [0.5, 0.6) is 0 Å². The number of aryl methyl sites for hydroxylation is 1. The van der Waals surface area contributed by atoms with Crippen LogP contribution in [-0.4, -0.2) is 49.8 Å². The van der Waals surface area contributed by atoms with Gasteiger partial charge >= 0.3 is 5.97 Å². The van der Waals surface area contributed by atoms with Gasteiger partial charge in [-0.2, -0.15) is 0 Å². The molecule has 1 atom stereocenters. The minimum atomic E-state index is -0.311. The van der Waals surface area contributed by atoms with Crippen molar-refractivity contribution in [2.24, 2.45) is 10.9 Å². The first-order valence-electron chi connectivity index (χ1n) is 9.32. The summed E-state index contributed by atoms with van der Waals surface area (Å²) in [6.07, 6.45) is 2.60. The molecule has 0 aliphatic heterocycles. The molecule has 1 aromatic rings. The Kier molecular flexibility index (Phi) is 11.2. The number of hydrogen-bond donors (Lipinski definition) is 2. The van der Waals surface area contributed by atoms with Gasteiger partial charge in [-0.3, -0.25) is 4.99 Å². The molecule has 154 valence electrons. The van der Waals surface area contributed by atoms with Crippen molar-refractivity contribution in [3.8, 4) is 0 Å². The van der Waals surface area contributed by atoms with Crippen LogP contribution >= 0.6 is 35.3 Å². The zero-order chi connectivity index (χ0) is 18.9. The van der Waals surface area contributed by atoms with Gasteiger partial charge in [0.25, 0.3) is 0 Å². The molecule has 0 spiro atoms. The Morgan fingerprint density at radius 3 is 2.78 bits per heavy atom. The van der Waals surface area contributed by atoms with E-state index in [-0.39, 0.29) is 36.0 Å². The van der Waals surface area contributed by atoms with Gasteiger partial charge in [-0.25, -0.2) is 9.78 Å². The van der Waals surface area contributed by atoms with E-state index in [4.69, 9.17) is 9.47 Å². The molecule has 1 aromatic heterocycles. The molecule has 2 rings (SSSR count). The standard InChI is InChI=1S/C18H30N4O3S.HI/c1-5-19-18(20-9-10-24-11-14-7-8-14)22-13(4)16-21-12(3)15(26-16)17(23)25-6-2;/h13-14H,5-11H2,1-4H3,(H2,19,20,22);1H. The molecule has 9 heteroatoms. The van der Waals surface area contributed by atoms with E-state index < -0.39 is 0 Å². The fraction of sp³-hybridized carbons (Fsp3) is 0.722. The van der Waals surface area contributed by atoms with Crippen LogP contribution < -0.4 is 10.6 Å². The number of esters is 1. The first-order chi connectivity index (χ1) is 12.5. The maximum absolute atomic E-state index is 12.0. The number of nitrogens with zero attached hydrogens (tertiary/aromatic N) is 2. The van der Waals surface area contributed by atoms with E-state index in [0.29, 0.717) is 30.3 Å². The average Bonchev–Trinajstić information content (AvgIpc) is 3.34. The van der Waals surface area contributed by atoms with Gasteiger partial charge in [-0.1, -0.05) is 0 Å². The zero-order valence-corrected chi connectivity index (χ0v) is 19.7. The number of halogens is 1. The highest BCUT2D eigenvalue weighted by atomic mass is 127. The quantitative estimate of drug-likeness (QED) is 0.165. The van der Waals surface area contributed by atoms with Crippen molar-refractivity contribution in [3.05, 3.63) is 15.6 Å². The second-order valence-electron chi connectivity index (χ2n) is 6.33. The van der Waals surface area contributed by atoms with E-state index in [1.807, 2.05) is 20.8 Å². The molecule has 0 bridgehead atoms. The van der Waals surface area contributed by atoms with Crippen molar-refractivity contribution in [1.82, 2.24) is 15.6 Å². The Morgan fingerprint density at radius 2 is 2.15 bits per heavy atom. The Balaban J connectivity index is 0.00000364. The Hall–Kier alpha value is -0.940. The van der Waals surface area contributed by atoms with Crippen molar-refractivity contribution in [3.63, 3.8) is 0 Å². The molecule has 0 amide bonds. The van der Waals surface area contributed by atoms with Crippen molar-refractivity contribution in [2.45, 2.75) is 46.6 Å². The number of aromatic nitrogens is 1. The number of nitrogens with one attached hydrogen (secondary N) is 2. The maximum Gasteiger partial charge on any atom is 0.350 e. The molecule has 1 aliphatic rings. The fourth-order valence-electron chi connectivity index (χ4n) is 2.33. The first-order valence-corrected chi connectivity index (χ1v) is 10.1. The van der Waals surface area contributed by atoms with E-state index >= 15 is 0 Å². The summed E-state index contributed by atoms with van der Waals surface area (Å²) < 4.78 is 10.7. The summed E-state index contributed by atoms with van der Waals surface area (Å²) >= 11 is 1.36. The smallest absolute Gasteiger partial charge is 0.350 e. The minimum absolute atomic E-state index is 0. The third-order valence-corrected chi connectivity index (χ3v) is 5.22. The second kappa shape index (κ2) is 12.5. The van der Waals surface area contributed by atoms with Gasteiger partial charge in [0.2, 0.25) is 0 Å². The van der Waals surface area contributed by atoms with Gasteiger partial charge in [0.15, 0.2) is 5.96 Å². The normalized spacial score (nSPS) is 15.0. The zero-order valence-electron chi connectivity index (χ0n) is 16.5. The van der Waals surface area contributed by atoms with Crippen LogP contribution in [0.4, 0.5) is 0 Å². The molecule has 27 heavy (non-hydrogen) atoms. The molecule has 2 N–H and O–H groups in total. The molecule has 0 saturated heterocycles. The van der Waals surface area contributed by atoms with Crippen LogP contribution in [0.3, 0.4) is 0 Å². The summed E-state index contributed by atoms with van der Waals surface area (Å²) in [5.41, 5.74) is 0.701. The van der Waals surface area contributed by atoms with Crippen LogP contribution in [-0.2, 0) is 9.47 Å². The van der Waals surface area contributed by atoms with Crippen molar-refractivity contribution < 1.29 is 14.3 Å². The molecular weight excluding hydrogens is 479 g/mol. The van der Waals surface area contributed by atoms with E-state index in [1.54, 1.807) is 6.92 Å². The highest BCUT2D eigenvalue weighted by Gasteiger charge is 2.21. The molecule has 1 heterocycles. The van der Waals surface area contributed by atoms with Crippen LogP contribution in [0.2, 0.25) is 0 Å². The molecule has 1 aliphatic carbocycles. The molecule has 7 nitrogen and oxygen atoms in total. The summed E-state index contributed by atoms with van der Waals surface area (Å²) in [4.78, 5) is 21.6. The number of hydrogen-bond acceptors (Lipinski definition) is 6. The summed E-state index contributed by atoms with van der Waals surface area (Å²) in [6.45, 7) is 10.9. The van der Waals surface area contributed by atoms with Gasteiger partial charge in [-0.15, -0.1) is 35.3 Å². The number of carbonyl (C=O) groups excluding carboxylic acids is 1. The molecule has 1 fully saturated rings. The Bertz CT molecular complexity index is 620. The van der Waals surface area contributed by atoms with Gasteiger partial charge in [0.1, 0.15) is 9.88 Å². The van der Waals surface area contributed by atoms with Gasteiger partial charge in [-0.05, 0) is 46.5 Å². The third kappa shape index (κ3) is 8.30. The van der Waals surface area contributed by atoms with Crippen LogP contribution in [0, 0.1) is 12.8 Å². The second-order valence-corrected chi connectivity index (χ2v) is 7.36. The van der Waals surface area contributed by atoms with Crippen molar-refractivity contribution in [2.75, 3.05) is 32.9 Å². The highest BCUT2D eigenvalue weighted by Crippen LogP contribution is 2.28. The lowest BCUT2D eigenvalue weighted by atomic mass is 10.3. The van der Waals surface area contributed by atoms with E-state index in [9.17, 15) is 4.79 Å². The largest absolute Gasteiger partial charge is 0.462 e. The maximum atomic E-state index is 12.0. The Morgan fingerprint density at radius 1 is 1.41 bits per heavy atom. The lowest BCUT2D eigenvalue weighted by molar-refractivity contribution is 0.0531. The van der Waals surface area contributed by atoms with Crippen LogP contribution in [0.25, 0.3) is 0 Å². The number of aliphatic imine (C=N–C) groups is 1. The molecule has 0 aromatic carbocycles. The van der Waals surface area contributed by atoms with Crippen molar-refractivity contribution >= 4 is 47.2 Å². The van der Waals surface area contributed by atoms with Gasteiger partial charge in [0.05, 0.1) is 31.5 Å². The minimum Gasteiger partial charge on any atom is -0.462 e. The van der Waals surface area contributed by atoms with E-state index in [2.05, 4.69) is 20.6 Å². The third-order valence-electron chi connectivity index (χ3n) is 3.90. The highest BCUT2D eigenvalue weighted by molar-refractivity contribution is 14.0. The van der Waals surface area contributed by atoms with E-state index in [0.717, 1.165) is 30.0 Å². The monoisotopic (exact) mass is 510 g/mol. The summed E-state index contributed by atoms with van der Waals surface area (Å²) in [6, 6.07) is -0.0629. The number of thiazole rings is 1. The number of guanidine groups is 1.